The van der Waals surface area contributed by atoms with E-state index >= 15 is 0 Å². The molecule has 1 N–H and O–H groups in total. The zero-order valence-corrected chi connectivity index (χ0v) is 18.6. The van der Waals surface area contributed by atoms with Crippen LogP contribution in [0.1, 0.15) is 24.7 Å². The standard InChI is InChI=1S/C22H31N5O4/c1-5-26-11-9-23-19(26)15-25(2)20(28)13-17-22(29)24-10-12-27(17)14-16-7-6-8-18(30-3)21(16)31-4/h6-9,11,17H,5,10,12-15H2,1-4H3,(H,24,29). The second-order valence-corrected chi connectivity index (χ2v) is 7.51. The van der Waals surface area contributed by atoms with Crippen molar-refractivity contribution in [2.24, 2.45) is 0 Å². The van der Waals surface area contributed by atoms with Gasteiger partial charge in [-0.25, -0.2) is 4.98 Å². The lowest BCUT2D eigenvalue weighted by molar-refractivity contribution is -0.138. The molecule has 2 amide bonds. The quantitative estimate of drug-likeness (QED) is 0.646. The van der Waals surface area contributed by atoms with E-state index in [9.17, 15) is 9.59 Å². The van der Waals surface area contributed by atoms with Crippen LogP contribution in [0.4, 0.5) is 0 Å². The number of aromatic nitrogens is 2. The highest BCUT2D eigenvalue weighted by Gasteiger charge is 2.33. The van der Waals surface area contributed by atoms with Crippen LogP contribution in [0.2, 0.25) is 0 Å². The summed E-state index contributed by atoms with van der Waals surface area (Å²) in [5.74, 6) is 1.87. The molecule has 0 spiro atoms. The van der Waals surface area contributed by atoms with Gasteiger partial charge in [0.1, 0.15) is 5.82 Å². The first-order chi connectivity index (χ1) is 15.0. The lowest BCUT2D eigenvalue weighted by atomic mass is 10.1. The van der Waals surface area contributed by atoms with Crippen molar-refractivity contribution in [3.63, 3.8) is 0 Å². The third kappa shape index (κ3) is 5.16. The molecule has 1 unspecified atom stereocenters. The number of para-hydroxylation sites is 1. The van der Waals surface area contributed by atoms with Crippen LogP contribution in [-0.2, 0) is 29.2 Å². The summed E-state index contributed by atoms with van der Waals surface area (Å²) in [6, 6.07) is 5.13. The molecule has 1 aromatic carbocycles. The van der Waals surface area contributed by atoms with Gasteiger partial charge in [-0.2, -0.15) is 0 Å². The smallest absolute Gasteiger partial charge is 0.237 e. The summed E-state index contributed by atoms with van der Waals surface area (Å²) in [7, 11) is 4.94. The number of carbonyl (C=O) groups excluding carboxylic acids is 2. The minimum atomic E-state index is -0.550. The molecule has 9 nitrogen and oxygen atoms in total. The number of nitrogens with one attached hydrogen (secondary N) is 1. The summed E-state index contributed by atoms with van der Waals surface area (Å²) in [6.45, 7) is 4.89. The minimum absolute atomic E-state index is 0.0987. The first-order valence-corrected chi connectivity index (χ1v) is 10.4. The van der Waals surface area contributed by atoms with Gasteiger partial charge in [0.2, 0.25) is 11.8 Å². The normalized spacial score (nSPS) is 16.6. The Balaban J connectivity index is 1.72. The number of carbonyl (C=O) groups is 2. The number of hydrogen-bond acceptors (Lipinski definition) is 6. The molecule has 2 heterocycles. The van der Waals surface area contributed by atoms with Gasteiger partial charge in [0.05, 0.1) is 33.2 Å². The Hall–Kier alpha value is -3.07. The maximum absolute atomic E-state index is 12.9. The molecule has 31 heavy (non-hydrogen) atoms. The Labute approximate surface area is 182 Å². The van der Waals surface area contributed by atoms with Gasteiger partial charge >= 0.3 is 0 Å². The number of imidazole rings is 1. The summed E-state index contributed by atoms with van der Waals surface area (Å²) in [5.41, 5.74) is 0.910. The Morgan fingerprint density at radius 2 is 2.13 bits per heavy atom. The Morgan fingerprint density at radius 1 is 1.32 bits per heavy atom. The molecule has 1 aliphatic heterocycles. The van der Waals surface area contributed by atoms with Gasteiger partial charge in [-0.1, -0.05) is 12.1 Å². The fraction of sp³-hybridized carbons (Fsp3) is 0.500. The number of amides is 2. The average molecular weight is 430 g/mol. The fourth-order valence-corrected chi connectivity index (χ4v) is 3.87. The summed E-state index contributed by atoms with van der Waals surface area (Å²) in [5, 5.41) is 2.88. The van der Waals surface area contributed by atoms with Gasteiger partial charge in [-0.15, -0.1) is 0 Å². The number of ether oxygens (including phenoxy) is 2. The third-order valence-corrected chi connectivity index (χ3v) is 5.61. The van der Waals surface area contributed by atoms with Gasteiger partial charge in [0, 0.05) is 51.2 Å². The Kier molecular flexibility index (Phi) is 7.51. The monoisotopic (exact) mass is 429 g/mol. The van der Waals surface area contributed by atoms with Crippen molar-refractivity contribution in [2.45, 2.75) is 39.0 Å². The van der Waals surface area contributed by atoms with Crippen LogP contribution in [-0.4, -0.2) is 71.6 Å². The van der Waals surface area contributed by atoms with E-state index in [4.69, 9.17) is 9.47 Å². The highest BCUT2D eigenvalue weighted by atomic mass is 16.5. The van der Waals surface area contributed by atoms with Crippen molar-refractivity contribution in [2.75, 3.05) is 34.4 Å². The molecule has 168 valence electrons. The number of nitrogens with zero attached hydrogens (tertiary/aromatic N) is 4. The predicted octanol–water partition coefficient (Wildman–Crippen LogP) is 1.27. The van der Waals surface area contributed by atoms with E-state index in [1.54, 1.807) is 32.4 Å². The zero-order valence-electron chi connectivity index (χ0n) is 18.6. The maximum Gasteiger partial charge on any atom is 0.237 e. The summed E-state index contributed by atoms with van der Waals surface area (Å²) < 4.78 is 12.9. The Bertz CT molecular complexity index is 913. The number of aryl methyl sites for hydroxylation is 1. The van der Waals surface area contributed by atoms with E-state index < -0.39 is 6.04 Å². The molecule has 1 saturated heterocycles. The van der Waals surface area contributed by atoms with E-state index in [0.717, 1.165) is 17.9 Å². The highest BCUT2D eigenvalue weighted by Crippen LogP contribution is 2.32. The number of benzene rings is 1. The zero-order chi connectivity index (χ0) is 22.4. The third-order valence-electron chi connectivity index (χ3n) is 5.61. The van der Waals surface area contributed by atoms with Crippen LogP contribution in [0.3, 0.4) is 0 Å². The lowest BCUT2D eigenvalue weighted by Crippen LogP contribution is -2.56. The molecule has 1 aliphatic rings. The van der Waals surface area contributed by atoms with Crippen LogP contribution in [0.5, 0.6) is 11.5 Å². The molecule has 1 aromatic heterocycles. The van der Waals surface area contributed by atoms with E-state index in [1.807, 2.05) is 40.8 Å². The molecule has 0 aliphatic carbocycles. The molecule has 1 fully saturated rings. The summed E-state index contributed by atoms with van der Waals surface area (Å²) in [4.78, 5) is 33.6. The summed E-state index contributed by atoms with van der Waals surface area (Å²) >= 11 is 0. The van der Waals surface area contributed by atoms with Gasteiger partial charge in [-0.3, -0.25) is 14.5 Å². The van der Waals surface area contributed by atoms with Crippen LogP contribution < -0.4 is 14.8 Å². The Morgan fingerprint density at radius 3 is 2.84 bits per heavy atom. The van der Waals surface area contributed by atoms with Crippen molar-refractivity contribution in [3.8, 4) is 11.5 Å². The number of hydrogen-bond donors (Lipinski definition) is 1. The number of piperazine rings is 1. The van der Waals surface area contributed by atoms with E-state index in [1.165, 1.54) is 0 Å². The average Bonchev–Trinajstić information content (AvgIpc) is 3.22. The second kappa shape index (κ2) is 10.3. The fourth-order valence-electron chi connectivity index (χ4n) is 3.87. The summed E-state index contributed by atoms with van der Waals surface area (Å²) in [6.07, 6.45) is 3.72. The molecule has 0 saturated carbocycles. The number of rotatable bonds is 9. The molecule has 9 heteroatoms. The van der Waals surface area contributed by atoms with Crippen LogP contribution in [0, 0.1) is 0 Å². The van der Waals surface area contributed by atoms with Crippen LogP contribution in [0.25, 0.3) is 0 Å². The van der Waals surface area contributed by atoms with Crippen molar-refractivity contribution >= 4 is 11.8 Å². The molecule has 2 aromatic rings. The van der Waals surface area contributed by atoms with Crippen LogP contribution >= 0.6 is 0 Å². The van der Waals surface area contributed by atoms with Gasteiger partial charge in [0.15, 0.2) is 11.5 Å². The van der Waals surface area contributed by atoms with Crippen molar-refractivity contribution in [3.05, 3.63) is 42.0 Å². The largest absolute Gasteiger partial charge is 0.493 e. The lowest BCUT2D eigenvalue weighted by Gasteiger charge is -2.35. The molecular weight excluding hydrogens is 398 g/mol. The SMILES string of the molecule is CCn1ccnc1CN(C)C(=O)CC1C(=O)NCCN1Cc1cccc(OC)c1OC. The van der Waals surface area contributed by atoms with Crippen molar-refractivity contribution < 1.29 is 19.1 Å². The maximum atomic E-state index is 12.9. The molecule has 1 atom stereocenters. The van der Waals surface area contributed by atoms with Crippen molar-refractivity contribution in [1.29, 1.82) is 0 Å². The minimum Gasteiger partial charge on any atom is -0.493 e. The van der Waals surface area contributed by atoms with E-state index in [-0.39, 0.29) is 18.2 Å². The second-order valence-electron chi connectivity index (χ2n) is 7.51. The number of methoxy groups -OCH3 is 2. The van der Waals surface area contributed by atoms with Crippen molar-refractivity contribution in [1.82, 2.24) is 24.7 Å². The predicted molar refractivity (Wildman–Crippen MR) is 116 cm³/mol. The molecule has 0 bridgehead atoms. The molecular formula is C22H31N5O4. The van der Waals surface area contributed by atoms with Gasteiger partial charge in [-0.05, 0) is 13.0 Å². The van der Waals surface area contributed by atoms with E-state index in [2.05, 4.69) is 10.3 Å². The van der Waals surface area contributed by atoms with Gasteiger partial charge in [0.25, 0.3) is 0 Å². The molecule has 3 rings (SSSR count). The van der Waals surface area contributed by atoms with E-state index in [0.29, 0.717) is 37.7 Å². The first kappa shape index (κ1) is 22.6. The van der Waals surface area contributed by atoms with Gasteiger partial charge < -0.3 is 24.3 Å². The first-order valence-electron chi connectivity index (χ1n) is 10.4. The molecule has 0 radical (unpaired) electrons. The highest BCUT2D eigenvalue weighted by molar-refractivity contribution is 5.88. The van der Waals surface area contributed by atoms with Crippen LogP contribution in [0.15, 0.2) is 30.6 Å². The topological polar surface area (TPSA) is 88.9 Å².